The van der Waals surface area contributed by atoms with Crippen LogP contribution in [0.1, 0.15) is 64.0 Å². The van der Waals surface area contributed by atoms with E-state index in [4.69, 9.17) is 4.99 Å². The SMILES string of the molecule is CC[C@H](C(=O)O)C1N=C(c2ccc(Nc3c(C)nn(C)c3C)cc2)c2c(sc(C)c2C)-n2c(C)nnc21. The molecule has 2 atom stereocenters. The van der Waals surface area contributed by atoms with Crippen LogP contribution in [-0.4, -0.2) is 41.3 Å². The topological polar surface area (TPSA) is 110 Å². The van der Waals surface area contributed by atoms with E-state index in [1.807, 2.05) is 68.3 Å². The van der Waals surface area contributed by atoms with Gasteiger partial charge in [-0.1, -0.05) is 19.1 Å². The summed E-state index contributed by atoms with van der Waals surface area (Å²) in [6.07, 6.45) is 0.432. The first-order valence-corrected chi connectivity index (χ1v) is 13.1. The first-order chi connectivity index (χ1) is 17.6. The van der Waals surface area contributed by atoms with Crippen LogP contribution >= 0.6 is 11.3 Å². The molecular formula is C27H31N7O2S. The number of hydrogen-bond donors (Lipinski definition) is 2. The van der Waals surface area contributed by atoms with E-state index in [1.165, 1.54) is 4.88 Å². The van der Waals surface area contributed by atoms with Crippen molar-refractivity contribution in [1.29, 1.82) is 0 Å². The number of anilines is 2. The van der Waals surface area contributed by atoms with Crippen LogP contribution in [0.15, 0.2) is 29.3 Å². The molecule has 2 N–H and O–H groups in total. The summed E-state index contributed by atoms with van der Waals surface area (Å²) in [4.78, 5) is 18.6. The van der Waals surface area contributed by atoms with Gasteiger partial charge in [-0.2, -0.15) is 5.10 Å². The summed E-state index contributed by atoms with van der Waals surface area (Å²) in [6, 6.07) is 7.47. The van der Waals surface area contributed by atoms with E-state index in [2.05, 4.69) is 34.5 Å². The molecule has 0 spiro atoms. The molecule has 4 heterocycles. The molecule has 0 saturated heterocycles. The fraction of sp³-hybridized carbons (Fsp3) is 0.370. The van der Waals surface area contributed by atoms with Gasteiger partial charge in [0.05, 0.1) is 28.7 Å². The van der Waals surface area contributed by atoms with Crippen LogP contribution in [0.25, 0.3) is 5.00 Å². The van der Waals surface area contributed by atoms with Crippen molar-refractivity contribution in [3.63, 3.8) is 0 Å². The van der Waals surface area contributed by atoms with E-state index in [0.717, 1.165) is 56.0 Å². The zero-order valence-corrected chi connectivity index (χ0v) is 22.9. The number of aryl methyl sites for hydroxylation is 4. The largest absolute Gasteiger partial charge is 0.481 e. The summed E-state index contributed by atoms with van der Waals surface area (Å²) in [5.74, 6) is -0.307. The Balaban J connectivity index is 1.65. The van der Waals surface area contributed by atoms with Crippen molar-refractivity contribution in [2.24, 2.45) is 18.0 Å². The Bertz CT molecular complexity index is 1540. The summed E-state index contributed by atoms with van der Waals surface area (Å²) in [5, 5.41) is 27.8. The quantitative estimate of drug-likeness (QED) is 0.357. The predicted molar refractivity (Wildman–Crippen MR) is 146 cm³/mol. The van der Waals surface area contributed by atoms with Crippen molar-refractivity contribution in [1.82, 2.24) is 24.5 Å². The van der Waals surface area contributed by atoms with Gasteiger partial charge >= 0.3 is 5.97 Å². The highest BCUT2D eigenvalue weighted by Crippen LogP contribution is 2.41. The molecule has 9 nitrogen and oxygen atoms in total. The van der Waals surface area contributed by atoms with Gasteiger partial charge in [-0.15, -0.1) is 21.5 Å². The van der Waals surface area contributed by atoms with Crippen LogP contribution in [0.4, 0.5) is 11.4 Å². The third kappa shape index (κ3) is 4.05. The summed E-state index contributed by atoms with van der Waals surface area (Å²) < 4.78 is 3.86. The molecule has 4 aromatic rings. The van der Waals surface area contributed by atoms with Gasteiger partial charge in [0.15, 0.2) is 5.82 Å². The third-order valence-corrected chi connectivity index (χ3v) is 8.46. The van der Waals surface area contributed by atoms with Crippen molar-refractivity contribution < 1.29 is 9.90 Å². The maximum atomic E-state index is 12.3. The molecule has 0 bridgehead atoms. The van der Waals surface area contributed by atoms with Crippen LogP contribution in [0, 0.1) is 40.5 Å². The number of carbonyl (C=O) groups is 1. The molecule has 37 heavy (non-hydrogen) atoms. The highest BCUT2D eigenvalue weighted by atomic mass is 32.1. The second kappa shape index (κ2) is 9.26. The molecule has 3 aromatic heterocycles. The number of carboxylic acids is 1. The lowest BCUT2D eigenvalue weighted by molar-refractivity contribution is -0.142. The van der Waals surface area contributed by atoms with Crippen molar-refractivity contribution in [2.45, 2.75) is 54.0 Å². The lowest BCUT2D eigenvalue weighted by atomic mass is 9.95. The Hall–Kier alpha value is -3.79. The van der Waals surface area contributed by atoms with Gasteiger partial charge in [-0.25, -0.2) is 0 Å². The number of benzene rings is 1. The van der Waals surface area contributed by atoms with Crippen molar-refractivity contribution in [3.8, 4) is 5.00 Å². The molecule has 0 aliphatic carbocycles. The van der Waals surface area contributed by atoms with Crippen LogP contribution in [0.2, 0.25) is 0 Å². The zero-order chi connectivity index (χ0) is 26.6. The van der Waals surface area contributed by atoms with Gasteiger partial charge in [0, 0.05) is 28.7 Å². The number of nitrogens with one attached hydrogen (secondary N) is 1. The summed E-state index contributed by atoms with van der Waals surface area (Å²) >= 11 is 1.66. The van der Waals surface area contributed by atoms with Crippen LogP contribution < -0.4 is 5.32 Å². The number of thiophene rings is 1. The number of aliphatic imine (C=N–C) groups is 1. The first-order valence-electron chi connectivity index (χ1n) is 12.3. The summed E-state index contributed by atoms with van der Waals surface area (Å²) in [6.45, 7) is 12.0. The number of carboxylic acid groups (broad SMARTS) is 1. The van der Waals surface area contributed by atoms with E-state index >= 15 is 0 Å². The van der Waals surface area contributed by atoms with E-state index in [1.54, 1.807) is 11.3 Å². The predicted octanol–water partition coefficient (Wildman–Crippen LogP) is 5.35. The smallest absolute Gasteiger partial charge is 0.309 e. The van der Waals surface area contributed by atoms with E-state index in [9.17, 15) is 9.90 Å². The van der Waals surface area contributed by atoms with Crippen LogP contribution in [0.3, 0.4) is 0 Å². The first kappa shape index (κ1) is 24.9. The minimum absolute atomic E-state index is 0.432. The number of aromatic nitrogens is 5. The van der Waals surface area contributed by atoms with Crippen LogP contribution in [0.5, 0.6) is 0 Å². The van der Waals surface area contributed by atoms with E-state index in [-0.39, 0.29) is 0 Å². The lowest BCUT2D eigenvalue weighted by Gasteiger charge is -2.19. The number of fused-ring (bicyclic) bond motifs is 3. The number of rotatable bonds is 6. The number of nitrogens with zero attached hydrogens (tertiary/aromatic N) is 6. The Kier molecular flexibility index (Phi) is 6.23. The maximum Gasteiger partial charge on any atom is 0.309 e. The molecule has 0 amide bonds. The standard InChI is InChI=1S/C27H31N7O2S/c1-8-20(27(35)36)24-25-31-30-17(6)34(25)26-21(13(2)16(5)37-26)23(29-24)18-9-11-19(12-10-18)28-22-14(3)32-33(7)15(22)4/h9-12,20,24,28H,8H2,1-7H3,(H,35,36)/t20-,24?/m0/s1. The molecule has 10 heteroatoms. The van der Waals surface area contributed by atoms with E-state index in [0.29, 0.717) is 12.2 Å². The zero-order valence-electron chi connectivity index (χ0n) is 22.1. The molecule has 0 fully saturated rings. The van der Waals surface area contributed by atoms with Crippen molar-refractivity contribution in [2.75, 3.05) is 5.32 Å². The molecule has 192 valence electrons. The van der Waals surface area contributed by atoms with E-state index < -0.39 is 17.9 Å². The van der Waals surface area contributed by atoms with Gasteiger partial charge in [0.2, 0.25) is 0 Å². The van der Waals surface area contributed by atoms with Crippen molar-refractivity contribution in [3.05, 3.63) is 68.9 Å². The molecule has 1 unspecified atom stereocenters. The molecule has 1 aliphatic rings. The fourth-order valence-corrected chi connectivity index (χ4v) is 6.17. The van der Waals surface area contributed by atoms with Gasteiger partial charge in [0.25, 0.3) is 0 Å². The Labute approximate surface area is 219 Å². The van der Waals surface area contributed by atoms with Gasteiger partial charge in [0.1, 0.15) is 16.9 Å². The molecule has 0 radical (unpaired) electrons. The number of aliphatic carboxylic acids is 1. The minimum Gasteiger partial charge on any atom is -0.481 e. The summed E-state index contributed by atoms with van der Waals surface area (Å²) in [7, 11) is 1.93. The Morgan fingerprint density at radius 1 is 1.14 bits per heavy atom. The monoisotopic (exact) mass is 517 g/mol. The second-order valence-electron chi connectivity index (χ2n) is 9.55. The van der Waals surface area contributed by atoms with Crippen molar-refractivity contribution >= 4 is 34.4 Å². The molecule has 0 saturated carbocycles. The Morgan fingerprint density at radius 3 is 2.43 bits per heavy atom. The fourth-order valence-electron chi connectivity index (χ4n) is 4.96. The lowest BCUT2D eigenvalue weighted by Crippen LogP contribution is -2.23. The second-order valence-corrected chi connectivity index (χ2v) is 10.8. The highest BCUT2D eigenvalue weighted by Gasteiger charge is 2.37. The van der Waals surface area contributed by atoms with Gasteiger partial charge in [-0.05, 0) is 58.7 Å². The highest BCUT2D eigenvalue weighted by molar-refractivity contribution is 7.15. The molecule has 5 rings (SSSR count). The molecular weight excluding hydrogens is 486 g/mol. The third-order valence-electron chi connectivity index (χ3n) is 7.26. The summed E-state index contributed by atoms with van der Waals surface area (Å²) in [5.41, 5.74) is 7.78. The molecule has 1 aliphatic heterocycles. The molecule has 1 aromatic carbocycles. The number of hydrogen-bond acceptors (Lipinski definition) is 7. The minimum atomic E-state index is -0.886. The average Bonchev–Trinajstić information content (AvgIpc) is 3.42. The average molecular weight is 518 g/mol. The Morgan fingerprint density at radius 2 is 1.84 bits per heavy atom. The van der Waals surface area contributed by atoms with Gasteiger partial charge < -0.3 is 10.4 Å². The normalized spacial score (nSPS) is 15.5. The van der Waals surface area contributed by atoms with Gasteiger partial charge in [-0.3, -0.25) is 19.0 Å². The maximum absolute atomic E-state index is 12.3. The van der Waals surface area contributed by atoms with Crippen LogP contribution in [-0.2, 0) is 11.8 Å².